The molecule has 2 aliphatic rings. The number of ether oxygens (including phenoxy) is 1. The molecule has 1 saturated carbocycles. The number of carbonyl (C=O) groups excluding carboxylic acids is 1. The SMILES string of the molecule is COC1CN(CC2CCCC(C)(C)C2=O)CCC1C. The maximum absolute atomic E-state index is 12.5. The van der Waals surface area contributed by atoms with E-state index in [0.717, 1.165) is 32.5 Å². The van der Waals surface area contributed by atoms with Crippen LogP contribution in [0.2, 0.25) is 0 Å². The summed E-state index contributed by atoms with van der Waals surface area (Å²) in [6, 6.07) is 0. The van der Waals surface area contributed by atoms with Gasteiger partial charge in [-0.1, -0.05) is 27.2 Å². The van der Waals surface area contributed by atoms with E-state index in [2.05, 4.69) is 25.7 Å². The lowest BCUT2D eigenvalue weighted by Crippen LogP contribution is -2.48. The lowest BCUT2D eigenvalue weighted by molar-refractivity contribution is -0.135. The zero-order valence-electron chi connectivity index (χ0n) is 12.9. The smallest absolute Gasteiger partial charge is 0.142 e. The van der Waals surface area contributed by atoms with Crippen LogP contribution in [-0.2, 0) is 9.53 Å². The molecule has 3 atom stereocenters. The predicted octanol–water partition coefficient (Wildman–Crippen LogP) is 2.74. The van der Waals surface area contributed by atoms with Crippen LogP contribution in [0.15, 0.2) is 0 Å². The van der Waals surface area contributed by atoms with Crippen molar-refractivity contribution in [2.45, 2.75) is 52.6 Å². The van der Waals surface area contributed by atoms with E-state index in [0.29, 0.717) is 17.8 Å². The van der Waals surface area contributed by atoms with Gasteiger partial charge in [-0.2, -0.15) is 0 Å². The molecule has 0 radical (unpaired) electrons. The highest BCUT2D eigenvalue weighted by atomic mass is 16.5. The van der Waals surface area contributed by atoms with Gasteiger partial charge in [-0.05, 0) is 31.7 Å². The standard InChI is InChI=1S/C16H29NO2/c1-12-7-9-17(11-14(12)19-4)10-13-6-5-8-16(2,3)15(13)18/h12-14H,5-11H2,1-4H3. The molecule has 3 nitrogen and oxygen atoms in total. The number of ketones is 1. The normalized spacial score (nSPS) is 36.4. The third-order valence-electron chi connectivity index (χ3n) is 5.15. The largest absolute Gasteiger partial charge is 0.380 e. The summed E-state index contributed by atoms with van der Waals surface area (Å²) in [4.78, 5) is 14.9. The van der Waals surface area contributed by atoms with Gasteiger partial charge in [0.05, 0.1) is 6.10 Å². The minimum atomic E-state index is -0.105. The summed E-state index contributed by atoms with van der Waals surface area (Å²) in [5.74, 6) is 1.36. The molecule has 0 bridgehead atoms. The Kier molecular flexibility index (Phi) is 4.67. The Labute approximate surface area is 117 Å². The van der Waals surface area contributed by atoms with E-state index in [-0.39, 0.29) is 11.3 Å². The van der Waals surface area contributed by atoms with E-state index in [4.69, 9.17) is 4.74 Å². The molecule has 0 N–H and O–H groups in total. The summed E-state index contributed by atoms with van der Waals surface area (Å²) in [6.45, 7) is 9.53. The van der Waals surface area contributed by atoms with Crippen LogP contribution < -0.4 is 0 Å². The minimum absolute atomic E-state index is 0.105. The van der Waals surface area contributed by atoms with Crippen LogP contribution >= 0.6 is 0 Å². The minimum Gasteiger partial charge on any atom is -0.380 e. The number of nitrogens with zero attached hydrogens (tertiary/aromatic N) is 1. The van der Waals surface area contributed by atoms with Crippen molar-refractivity contribution >= 4 is 5.78 Å². The first kappa shape index (κ1) is 15.0. The molecule has 0 aromatic rings. The molecule has 1 aliphatic heterocycles. The van der Waals surface area contributed by atoms with E-state index in [1.807, 2.05) is 0 Å². The number of carbonyl (C=O) groups is 1. The van der Waals surface area contributed by atoms with Gasteiger partial charge < -0.3 is 9.64 Å². The van der Waals surface area contributed by atoms with Gasteiger partial charge in [0.2, 0.25) is 0 Å². The van der Waals surface area contributed by atoms with Crippen LogP contribution in [-0.4, -0.2) is 43.5 Å². The van der Waals surface area contributed by atoms with Gasteiger partial charge >= 0.3 is 0 Å². The van der Waals surface area contributed by atoms with Crippen molar-refractivity contribution in [1.82, 2.24) is 4.90 Å². The van der Waals surface area contributed by atoms with Gasteiger partial charge in [0.25, 0.3) is 0 Å². The summed E-state index contributed by atoms with van der Waals surface area (Å²) in [5, 5.41) is 0. The number of likely N-dealkylation sites (tertiary alicyclic amines) is 1. The van der Waals surface area contributed by atoms with Crippen molar-refractivity contribution in [2.75, 3.05) is 26.7 Å². The molecule has 2 fully saturated rings. The topological polar surface area (TPSA) is 29.5 Å². The van der Waals surface area contributed by atoms with Crippen molar-refractivity contribution in [3.8, 4) is 0 Å². The highest BCUT2D eigenvalue weighted by Gasteiger charge is 2.38. The Morgan fingerprint density at radius 1 is 1.37 bits per heavy atom. The molecular formula is C16H29NO2. The zero-order valence-corrected chi connectivity index (χ0v) is 12.9. The molecule has 0 amide bonds. The van der Waals surface area contributed by atoms with Crippen LogP contribution in [0, 0.1) is 17.3 Å². The quantitative estimate of drug-likeness (QED) is 0.787. The van der Waals surface area contributed by atoms with Gasteiger partial charge in [0, 0.05) is 31.5 Å². The van der Waals surface area contributed by atoms with E-state index < -0.39 is 0 Å². The zero-order chi connectivity index (χ0) is 14.0. The average molecular weight is 267 g/mol. The monoisotopic (exact) mass is 267 g/mol. The first-order valence-electron chi connectivity index (χ1n) is 7.73. The second-order valence-corrected chi connectivity index (χ2v) is 7.14. The van der Waals surface area contributed by atoms with Crippen molar-refractivity contribution in [3.63, 3.8) is 0 Å². The van der Waals surface area contributed by atoms with Gasteiger partial charge in [0.15, 0.2) is 0 Å². The summed E-state index contributed by atoms with van der Waals surface area (Å²) < 4.78 is 5.56. The third kappa shape index (κ3) is 3.38. The van der Waals surface area contributed by atoms with Gasteiger partial charge in [-0.15, -0.1) is 0 Å². The summed E-state index contributed by atoms with van der Waals surface area (Å²) in [6.07, 6.45) is 4.84. The molecule has 1 aliphatic carbocycles. The van der Waals surface area contributed by atoms with Crippen molar-refractivity contribution < 1.29 is 9.53 Å². The number of methoxy groups -OCH3 is 1. The lowest BCUT2D eigenvalue weighted by atomic mass is 9.71. The number of hydrogen-bond acceptors (Lipinski definition) is 3. The molecule has 2 rings (SSSR count). The summed E-state index contributed by atoms with van der Waals surface area (Å²) in [7, 11) is 1.81. The first-order chi connectivity index (χ1) is 8.94. The Hall–Kier alpha value is -0.410. The predicted molar refractivity (Wildman–Crippen MR) is 77.1 cm³/mol. The fourth-order valence-corrected chi connectivity index (χ4v) is 3.65. The second-order valence-electron chi connectivity index (χ2n) is 7.14. The maximum atomic E-state index is 12.5. The first-order valence-corrected chi connectivity index (χ1v) is 7.73. The van der Waals surface area contributed by atoms with E-state index in [9.17, 15) is 4.79 Å². The lowest BCUT2D eigenvalue weighted by Gasteiger charge is -2.40. The molecule has 110 valence electrons. The Balaban J connectivity index is 1.92. The van der Waals surface area contributed by atoms with Crippen molar-refractivity contribution in [1.29, 1.82) is 0 Å². The Morgan fingerprint density at radius 2 is 2.11 bits per heavy atom. The fourth-order valence-electron chi connectivity index (χ4n) is 3.65. The van der Waals surface area contributed by atoms with E-state index in [1.54, 1.807) is 7.11 Å². The molecule has 3 unspecified atom stereocenters. The molecule has 0 spiro atoms. The number of Topliss-reactive ketones (excluding diaryl/α,β-unsaturated/α-hetero) is 1. The van der Waals surface area contributed by atoms with Gasteiger partial charge in [-0.25, -0.2) is 0 Å². The van der Waals surface area contributed by atoms with Crippen LogP contribution in [0.1, 0.15) is 46.5 Å². The second kappa shape index (κ2) is 5.92. The fraction of sp³-hybridized carbons (Fsp3) is 0.938. The van der Waals surface area contributed by atoms with E-state index in [1.165, 1.54) is 12.8 Å². The maximum Gasteiger partial charge on any atom is 0.142 e. The van der Waals surface area contributed by atoms with Crippen LogP contribution in [0.3, 0.4) is 0 Å². The Morgan fingerprint density at radius 3 is 2.79 bits per heavy atom. The van der Waals surface area contributed by atoms with Crippen molar-refractivity contribution in [3.05, 3.63) is 0 Å². The van der Waals surface area contributed by atoms with Crippen LogP contribution in [0.25, 0.3) is 0 Å². The number of rotatable bonds is 3. The molecule has 1 saturated heterocycles. The molecule has 3 heteroatoms. The Bertz CT molecular complexity index is 327. The van der Waals surface area contributed by atoms with Crippen molar-refractivity contribution in [2.24, 2.45) is 17.3 Å². The summed E-state index contributed by atoms with van der Waals surface area (Å²) in [5.41, 5.74) is -0.105. The summed E-state index contributed by atoms with van der Waals surface area (Å²) >= 11 is 0. The van der Waals surface area contributed by atoms with Crippen LogP contribution in [0.5, 0.6) is 0 Å². The highest BCUT2D eigenvalue weighted by molar-refractivity contribution is 5.87. The number of hydrogen-bond donors (Lipinski definition) is 0. The molecule has 1 heterocycles. The molecule has 0 aromatic carbocycles. The average Bonchev–Trinajstić information content (AvgIpc) is 2.37. The molecule has 0 aromatic heterocycles. The van der Waals surface area contributed by atoms with Gasteiger partial charge in [0.1, 0.15) is 5.78 Å². The molecular weight excluding hydrogens is 238 g/mol. The van der Waals surface area contributed by atoms with E-state index >= 15 is 0 Å². The molecule has 19 heavy (non-hydrogen) atoms. The number of piperidine rings is 1. The highest BCUT2D eigenvalue weighted by Crippen LogP contribution is 2.36. The van der Waals surface area contributed by atoms with Crippen LogP contribution in [0.4, 0.5) is 0 Å². The van der Waals surface area contributed by atoms with Gasteiger partial charge in [-0.3, -0.25) is 4.79 Å². The third-order valence-corrected chi connectivity index (χ3v) is 5.15.